The van der Waals surface area contributed by atoms with Crippen LogP contribution in [0.3, 0.4) is 0 Å². The van der Waals surface area contributed by atoms with Gasteiger partial charge in [-0.2, -0.15) is 0 Å². The molecule has 2 rings (SSSR count). The Morgan fingerprint density at radius 1 is 1.21 bits per heavy atom. The van der Waals surface area contributed by atoms with Crippen LogP contribution in [0.15, 0.2) is 22.6 Å². The molecule has 0 spiro atoms. The summed E-state index contributed by atoms with van der Waals surface area (Å²) in [5, 5.41) is 3.89. The number of aromatic nitrogens is 4. The van der Waals surface area contributed by atoms with E-state index in [9.17, 15) is 0 Å². The molecule has 0 bridgehead atoms. The fraction of sp³-hybridized carbons (Fsp3) is 0.200. The number of anilines is 3. The van der Waals surface area contributed by atoms with Crippen molar-refractivity contribution in [2.75, 3.05) is 30.9 Å². The van der Waals surface area contributed by atoms with Crippen LogP contribution in [-0.4, -0.2) is 34.1 Å². The van der Waals surface area contributed by atoms with Gasteiger partial charge < -0.3 is 21.5 Å². The van der Waals surface area contributed by atoms with Crippen molar-refractivity contribution in [2.45, 2.75) is 10.2 Å². The highest BCUT2D eigenvalue weighted by Gasteiger charge is 2.14. The zero-order chi connectivity index (χ0) is 13.8. The number of rotatable bonds is 4. The Labute approximate surface area is 114 Å². The van der Waals surface area contributed by atoms with Crippen molar-refractivity contribution in [3.63, 3.8) is 0 Å². The largest absolute Gasteiger partial charge is 0.490 e. The first-order valence-electron chi connectivity index (χ1n) is 5.28. The monoisotopic (exact) mass is 279 g/mol. The molecule has 2 heterocycles. The summed E-state index contributed by atoms with van der Waals surface area (Å²) in [5.41, 5.74) is 11.2. The first-order valence-corrected chi connectivity index (χ1v) is 6.10. The second-order valence-corrected chi connectivity index (χ2v) is 4.37. The van der Waals surface area contributed by atoms with Crippen LogP contribution in [0.5, 0.6) is 5.75 Å². The Kier molecular flexibility index (Phi) is 3.85. The average molecular weight is 279 g/mol. The third-order valence-corrected chi connectivity index (χ3v) is 2.99. The van der Waals surface area contributed by atoms with Crippen molar-refractivity contribution >= 4 is 29.2 Å². The fourth-order valence-corrected chi connectivity index (χ4v) is 2.23. The van der Waals surface area contributed by atoms with Gasteiger partial charge in [0.25, 0.3) is 0 Å². The lowest BCUT2D eigenvalue weighted by molar-refractivity contribution is 0.400. The fourth-order valence-electron chi connectivity index (χ4n) is 1.39. The van der Waals surface area contributed by atoms with Crippen LogP contribution in [0.1, 0.15) is 0 Å². The van der Waals surface area contributed by atoms with E-state index in [2.05, 4.69) is 25.3 Å². The average Bonchev–Trinajstić information content (AvgIpc) is 2.37. The molecule has 0 aromatic carbocycles. The van der Waals surface area contributed by atoms with Crippen LogP contribution in [0, 0.1) is 0 Å². The lowest BCUT2D eigenvalue weighted by atomic mass is 10.5. The minimum absolute atomic E-state index is 0.303. The van der Waals surface area contributed by atoms with E-state index in [1.54, 1.807) is 7.05 Å². The van der Waals surface area contributed by atoms with E-state index in [4.69, 9.17) is 16.2 Å². The van der Waals surface area contributed by atoms with Crippen LogP contribution in [0.4, 0.5) is 17.5 Å². The maximum atomic E-state index is 5.62. The van der Waals surface area contributed by atoms with Crippen molar-refractivity contribution in [2.24, 2.45) is 0 Å². The number of hydrogen-bond acceptors (Lipinski definition) is 9. The Bertz CT molecular complexity index is 572. The predicted octanol–water partition coefficient (Wildman–Crippen LogP) is 0.633. The van der Waals surface area contributed by atoms with Gasteiger partial charge in [0, 0.05) is 13.1 Å². The molecule has 0 saturated carbocycles. The van der Waals surface area contributed by atoms with Crippen molar-refractivity contribution in [1.29, 1.82) is 0 Å². The zero-order valence-electron chi connectivity index (χ0n) is 10.4. The van der Waals surface area contributed by atoms with E-state index in [0.717, 1.165) is 0 Å². The van der Waals surface area contributed by atoms with E-state index in [1.165, 1.54) is 31.3 Å². The molecule has 0 saturated heterocycles. The number of nitrogens with two attached hydrogens (primary N) is 2. The Hall–Kier alpha value is -2.29. The third-order valence-electron chi connectivity index (χ3n) is 2.15. The number of hydrogen-bond donors (Lipinski definition) is 3. The molecule has 8 nitrogen and oxygen atoms in total. The standard InChI is InChI=1S/C10H13N7OS/c1-13-8-7(18-2)9(15-4-14-8)19-10-16-5(11)3-6(12)17-10/h3-4H,1-2H3,(H,13,14,15)(H4,11,12,16,17). The maximum Gasteiger partial charge on any atom is 0.197 e. The summed E-state index contributed by atoms with van der Waals surface area (Å²) < 4.78 is 5.27. The van der Waals surface area contributed by atoms with Gasteiger partial charge in [-0.25, -0.2) is 19.9 Å². The topological polar surface area (TPSA) is 125 Å². The quantitative estimate of drug-likeness (QED) is 0.545. The number of ether oxygens (including phenoxy) is 1. The normalized spacial score (nSPS) is 10.2. The highest BCUT2D eigenvalue weighted by molar-refractivity contribution is 7.99. The van der Waals surface area contributed by atoms with Crippen molar-refractivity contribution < 1.29 is 4.74 Å². The van der Waals surface area contributed by atoms with Crippen LogP contribution in [0.25, 0.3) is 0 Å². The zero-order valence-corrected chi connectivity index (χ0v) is 11.2. The van der Waals surface area contributed by atoms with E-state index in [-0.39, 0.29) is 0 Å². The summed E-state index contributed by atoms with van der Waals surface area (Å²) in [6, 6.07) is 1.49. The van der Waals surface area contributed by atoms with Crippen molar-refractivity contribution in [1.82, 2.24) is 19.9 Å². The predicted molar refractivity (Wildman–Crippen MR) is 73.1 cm³/mol. The molecule has 0 atom stereocenters. The van der Waals surface area contributed by atoms with Gasteiger partial charge in [-0.05, 0) is 11.8 Å². The van der Waals surface area contributed by atoms with Gasteiger partial charge in [-0.15, -0.1) is 0 Å². The molecule has 0 amide bonds. The molecular weight excluding hydrogens is 266 g/mol. The minimum Gasteiger partial charge on any atom is -0.490 e. The Balaban J connectivity index is 2.37. The van der Waals surface area contributed by atoms with Crippen LogP contribution < -0.4 is 21.5 Å². The van der Waals surface area contributed by atoms with E-state index in [1.807, 2.05) is 0 Å². The van der Waals surface area contributed by atoms with Crippen molar-refractivity contribution in [3.8, 4) is 5.75 Å². The minimum atomic E-state index is 0.303. The number of nitrogens with one attached hydrogen (secondary N) is 1. The van der Waals surface area contributed by atoms with Gasteiger partial charge in [0.15, 0.2) is 21.7 Å². The molecule has 0 aliphatic heterocycles. The van der Waals surface area contributed by atoms with Crippen molar-refractivity contribution in [3.05, 3.63) is 12.4 Å². The number of nitrogen functional groups attached to an aromatic ring is 2. The molecule has 0 aliphatic rings. The third kappa shape index (κ3) is 2.94. The van der Waals surface area contributed by atoms with Crippen LogP contribution in [0.2, 0.25) is 0 Å². The van der Waals surface area contributed by atoms with Gasteiger partial charge in [-0.3, -0.25) is 0 Å². The summed E-state index contributed by atoms with van der Waals surface area (Å²) in [7, 11) is 3.28. The van der Waals surface area contributed by atoms with Gasteiger partial charge >= 0.3 is 0 Å². The summed E-state index contributed by atoms with van der Waals surface area (Å²) in [5.74, 6) is 1.70. The van der Waals surface area contributed by atoms with Crippen LogP contribution >= 0.6 is 11.8 Å². The molecule has 19 heavy (non-hydrogen) atoms. The van der Waals surface area contributed by atoms with E-state index >= 15 is 0 Å². The lowest BCUT2D eigenvalue weighted by Crippen LogP contribution is -2.02. The molecule has 5 N–H and O–H groups in total. The molecule has 0 aliphatic carbocycles. The van der Waals surface area contributed by atoms with E-state index < -0.39 is 0 Å². The van der Waals surface area contributed by atoms with Gasteiger partial charge in [0.1, 0.15) is 18.0 Å². The highest BCUT2D eigenvalue weighted by Crippen LogP contribution is 2.35. The molecule has 9 heteroatoms. The Morgan fingerprint density at radius 3 is 2.47 bits per heavy atom. The Morgan fingerprint density at radius 2 is 1.89 bits per heavy atom. The summed E-state index contributed by atoms with van der Waals surface area (Å²) in [6.45, 7) is 0. The summed E-state index contributed by atoms with van der Waals surface area (Å²) in [6.07, 6.45) is 1.42. The first kappa shape index (κ1) is 13.1. The highest BCUT2D eigenvalue weighted by atomic mass is 32.2. The molecule has 100 valence electrons. The molecule has 0 unspecified atom stereocenters. The molecule has 0 radical (unpaired) electrons. The number of methoxy groups -OCH3 is 1. The second-order valence-electron chi connectivity index (χ2n) is 3.41. The summed E-state index contributed by atoms with van der Waals surface area (Å²) in [4.78, 5) is 16.3. The maximum absolute atomic E-state index is 5.62. The SMILES string of the molecule is CNc1ncnc(Sc2nc(N)cc(N)n2)c1OC. The second kappa shape index (κ2) is 5.57. The van der Waals surface area contributed by atoms with Gasteiger partial charge in [-0.1, -0.05) is 0 Å². The first-order chi connectivity index (χ1) is 9.13. The van der Waals surface area contributed by atoms with Crippen LogP contribution in [-0.2, 0) is 0 Å². The van der Waals surface area contributed by atoms with Gasteiger partial charge in [0.2, 0.25) is 0 Å². The van der Waals surface area contributed by atoms with E-state index in [0.29, 0.717) is 33.4 Å². The molecule has 2 aromatic rings. The molecular formula is C10H13N7OS. The number of nitrogens with zero attached hydrogens (tertiary/aromatic N) is 4. The van der Waals surface area contributed by atoms with Gasteiger partial charge in [0.05, 0.1) is 7.11 Å². The smallest absolute Gasteiger partial charge is 0.197 e. The lowest BCUT2D eigenvalue weighted by Gasteiger charge is -2.10. The summed E-state index contributed by atoms with van der Waals surface area (Å²) >= 11 is 1.20. The molecule has 0 fully saturated rings. The molecule has 2 aromatic heterocycles.